The SMILES string of the molecule is COC(C)(C)[C@H]1CCCN1.Cl. The van der Waals surface area contributed by atoms with E-state index in [2.05, 4.69) is 19.2 Å². The van der Waals surface area contributed by atoms with Gasteiger partial charge in [-0.2, -0.15) is 0 Å². The molecule has 0 unspecified atom stereocenters. The molecule has 0 saturated carbocycles. The topological polar surface area (TPSA) is 21.3 Å². The first-order valence-electron chi connectivity index (χ1n) is 3.95. The highest BCUT2D eigenvalue weighted by molar-refractivity contribution is 5.85. The fraction of sp³-hybridized carbons (Fsp3) is 1.00. The summed E-state index contributed by atoms with van der Waals surface area (Å²) >= 11 is 0. The summed E-state index contributed by atoms with van der Waals surface area (Å²) in [5.74, 6) is 0. The smallest absolute Gasteiger partial charge is 0.0775 e. The van der Waals surface area contributed by atoms with Gasteiger partial charge < -0.3 is 10.1 Å². The van der Waals surface area contributed by atoms with E-state index in [9.17, 15) is 0 Å². The van der Waals surface area contributed by atoms with Crippen LogP contribution in [0.4, 0.5) is 0 Å². The third-order valence-corrected chi connectivity index (χ3v) is 2.43. The fourth-order valence-electron chi connectivity index (χ4n) is 1.42. The molecule has 0 amide bonds. The van der Waals surface area contributed by atoms with Crippen molar-refractivity contribution in [2.24, 2.45) is 0 Å². The first-order chi connectivity index (χ1) is 4.67. The number of halogens is 1. The average Bonchev–Trinajstić information content (AvgIpc) is 2.38. The summed E-state index contributed by atoms with van der Waals surface area (Å²) in [5, 5.41) is 3.42. The van der Waals surface area contributed by atoms with Crippen LogP contribution in [0.5, 0.6) is 0 Å². The van der Waals surface area contributed by atoms with Gasteiger partial charge in [-0.15, -0.1) is 12.4 Å². The van der Waals surface area contributed by atoms with Crippen LogP contribution in [0.15, 0.2) is 0 Å². The molecule has 1 atom stereocenters. The van der Waals surface area contributed by atoms with Crippen molar-refractivity contribution in [3.05, 3.63) is 0 Å². The molecule has 68 valence electrons. The maximum atomic E-state index is 5.36. The number of hydrogen-bond donors (Lipinski definition) is 1. The van der Waals surface area contributed by atoms with E-state index in [1.165, 1.54) is 12.8 Å². The lowest BCUT2D eigenvalue weighted by Crippen LogP contribution is -2.44. The van der Waals surface area contributed by atoms with Crippen LogP contribution >= 0.6 is 12.4 Å². The van der Waals surface area contributed by atoms with Gasteiger partial charge >= 0.3 is 0 Å². The Morgan fingerprint density at radius 1 is 1.45 bits per heavy atom. The van der Waals surface area contributed by atoms with Crippen molar-refractivity contribution in [2.45, 2.75) is 38.3 Å². The number of rotatable bonds is 2. The van der Waals surface area contributed by atoms with E-state index < -0.39 is 0 Å². The summed E-state index contributed by atoms with van der Waals surface area (Å²) in [6, 6.07) is 0.553. The minimum absolute atomic E-state index is 0. The van der Waals surface area contributed by atoms with E-state index in [1.54, 1.807) is 7.11 Å². The van der Waals surface area contributed by atoms with Crippen LogP contribution in [0.2, 0.25) is 0 Å². The maximum Gasteiger partial charge on any atom is 0.0775 e. The van der Waals surface area contributed by atoms with E-state index in [0.717, 1.165) is 6.54 Å². The Bertz CT molecular complexity index is 111. The molecule has 1 heterocycles. The van der Waals surface area contributed by atoms with Gasteiger partial charge in [0.2, 0.25) is 0 Å². The molecule has 1 rings (SSSR count). The summed E-state index contributed by atoms with van der Waals surface area (Å²) in [7, 11) is 1.78. The number of ether oxygens (including phenoxy) is 1. The highest BCUT2D eigenvalue weighted by atomic mass is 35.5. The van der Waals surface area contributed by atoms with E-state index >= 15 is 0 Å². The second kappa shape index (κ2) is 4.29. The van der Waals surface area contributed by atoms with Crippen molar-refractivity contribution < 1.29 is 4.74 Å². The second-order valence-corrected chi connectivity index (χ2v) is 3.46. The average molecular weight is 180 g/mol. The minimum Gasteiger partial charge on any atom is -0.377 e. The van der Waals surface area contributed by atoms with Crippen molar-refractivity contribution in [1.82, 2.24) is 5.32 Å². The summed E-state index contributed by atoms with van der Waals surface area (Å²) in [6.07, 6.45) is 2.54. The van der Waals surface area contributed by atoms with Gasteiger partial charge in [0, 0.05) is 13.2 Å². The predicted octanol–water partition coefficient (Wildman–Crippen LogP) is 1.59. The van der Waals surface area contributed by atoms with Gasteiger partial charge in [-0.25, -0.2) is 0 Å². The first kappa shape index (κ1) is 11.2. The third-order valence-electron chi connectivity index (χ3n) is 2.43. The molecule has 1 N–H and O–H groups in total. The zero-order chi connectivity index (χ0) is 7.61. The molecular weight excluding hydrogens is 162 g/mol. The van der Waals surface area contributed by atoms with Crippen LogP contribution in [-0.2, 0) is 4.74 Å². The summed E-state index contributed by atoms with van der Waals surface area (Å²) < 4.78 is 5.36. The number of nitrogens with one attached hydrogen (secondary N) is 1. The fourth-order valence-corrected chi connectivity index (χ4v) is 1.42. The molecule has 2 nitrogen and oxygen atoms in total. The van der Waals surface area contributed by atoms with Crippen molar-refractivity contribution in [1.29, 1.82) is 0 Å². The Kier molecular flexibility index (Phi) is 4.37. The molecule has 3 heteroatoms. The van der Waals surface area contributed by atoms with Crippen LogP contribution in [0.25, 0.3) is 0 Å². The van der Waals surface area contributed by atoms with E-state index in [4.69, 9.17) is 4.74 Å². The zero-order valence-corrected chi connectivity index (χ0v) is 8.33. The van der Waals surface area contributed by atoms with Gasteiger partial charge in [0.25, 0.3) is 0 Å². The second-order valence-electron chi connectivity index (χ2n) is 3.46. The molecule has 0 aromatic carbocycles. The Labute approximate surface area is 75.1 Å². The highest BCUT2D eigenvalue weighted by Gasteiger charge is 2.30. The Balaban J connectivity index is 0.000001000. The molecule has 1 aliphatic heterocycles. The van der Waals surface area contributed by atoms with Gasteiger partial charge in [0.15, 0.2) is 0 Å². The molecule has 0 aromatic rings. The van der Waals surface area contributed by atoms with E-state index in [0.29, 0.717) is 6.04 Å². The maximum absolute atomic E-state index is 5.36. The third kappa shape index (κ3) is 2.62. The summed E-state index contributed by atoms with van der Waals surface area (Å²) in [5.41, 5.74) is 0.0104. The molecule has 0 bridgehead atoms. The lowest BCUT2D eigenvalue weighted by molar-refractivity contribution is -0.00478. The Hall–Kier alpha value is 0.210. The van der Waals surface area contributed by atoms with Gasteiger partial charge in [-0.05, 0) is 33.2 Å². The van der Waals surface area contributed by atoms with Crippen molar-refractivity contribution in [3.8, 4) is 0 Å². The lowest BCUT2D eigenvalue weighted by Gasteiger charge is -2.29. The van der Waals surface area contributed by atoms with E-state index in [1.807, 2.05) is 0 Å². The molecular formula is C8H18ClNO. The minimum atomic E-state index is 0. The van der Waals surface area contributed by atoms with Gasteiger partial charge in [0.1, 0.15) is 0 Å². The molecule has 11 heavy (non-hydrogen) atoms. The number of hydrogen-bond acceptors (Lipinski definition) is 2. The van der Waals surface area contributed by atoms with Crippen LogP contribution in [0.3, 0.4) is 0 Å². The van der Waals surface area contributed by atoms with Gasteiger partial charge in [-0.1, -0.05) is 0 Å². The molecule has 0 aliphatic carbocycles. The van der Waals surface area contributed by atoms with Crippen LogP contribution in [0.1, 0.15) is 26.7 Å². The molecule has 1 saturated heterocycles. The van der Waals surface area contributed by atoms with Crippen LogP contribution < -0.4 is 5.32 Å². The summed E-state index contributed by atoms with van der Waals surface area (Å²) in [4.78, 5) is 0. The monoisotopic (exact) mass is 179 g/mol. The zero-order valence-electron chi connectivity index (χ0n) is 7.52. The quantitative estimate of drug-likeness (QED) is 0.695. The van der Waals surface area contributed by atoms with Crippen LogP contribution in [0, 0.1) is 0 Å². The first-order valence-corrected chi connectivity index (χ1v) is 3.95. The molecule has 1 fully saturated rings. The van der Waals surface area contributed by atoms with Crippen LogP contribution in [-0.4, -0.2) is 25.3 Å². The van der Waals surface area contributed by atoms with Crippen molar-refractivity contribution >= 4 is 12.4 Å². The van der Waals surface area contributed by atoms with Crippen molar-refractivity contribution in [2.75, 3.05) is 13.7 Å². The van der Waals surface area contributed by atoms with Crippen molar-refractivity contribution in [3.63, 3.8) is 0 Å². The lowest BCUT2D eigenvalue weighted by atomic mass is 9.97. The normalized spacial score (nSPS) is 24.8. The molecule has 0 spiro atoms. The predicted molar refractivity (Wildman–Crippen MR) is 49.4 cm³/mol. The Morgan fingerprint density at radius 2 is 2.09 bits per heavy atom. The molecule has 1 aliphatic rings. The molecule has 0 aromatic heterocycles. The van der Waals surface area contributed by atoms with Gasteiger partial charge in [0.05, 0.1) is 5.60 Å². The number of methoxy groups -OCH3 is 1. The van der Waals surface area contributed by atoms with E-state index in [-0.39, 0.29) is 18.0 Å². The Morgan fingerprint density at radius 3 is 2.45 bits per heavy atom. The largest absolute Gasteiger partial charge is 0.377 e. The highest BCUT2D eigenvalue weighted by Crippen LogP contribution is 2.20. The van der Waals surface area contributed by atoms with Gasteiger partial charge in [-0.3, -0.25) is 0 Å². The summed E-state index contributed by atoms with van der Waals surface area (Å²) in [6.45, 7) is 5.42. The molecule has 0 radical (unpaired) electrons. The standard InChI is InChI=1S/C8H17NO.ClH/c1-8(2,10-3)7-5-4-6-9-7;/h7,9H,4-6H2,1-3H3;1H/t7-;/m1./s1.